The summed E-state index contributed by atoms with van der Waals surface area (Å²) in [6.45, 7) is 0.787. The molecule has 4 aromatic rings. The van der Waals surface area contributed by atoms with Gasteiger partial charge in [0.05, 0.1) is 17.4 Å². The molecule has 2 N–H and O–H groups in total. The third-order valence-corrected chi connectivity index (χ3v) is 3.76. The second kappa shape index (κ2) is 4.94. The van der Waals surface area contributed by atoms with Crippen LogP contribution in [0.1, 0.15) is 5.56 Å². The topological polar surface area (TPSA) is 40.7 Å². The summed E-state index contributed by atoms with van der Waals surface area (Å²) >= 11 is 0. The lowest BCUT2D eigenvalue weighted by atomic mass is 10.1. The number of benzene rings is 2. The van der Waals surface area contributed by atoms with Crippen molar-refractivity contribution in [3.05, 3.63) is 72.6 Å². The summed E-state index contributed by atoms with van der Waals surface area (Å²) < 4.78 is 0. The Morgan fingerprint density at radius 1 is 1.00 bits per heavy atom. The van der Waals surface area contributed by atoms with Gasteiger partial charge in [0, 0.05) is 29.0 Å². The number of hydrogen-bond donors (Lipinski definition) is 2. The molecule has 0 bridgehead atoms. The zero-order valence-electron chi connectivity index (χ0n) is 11.5. The normalized spacial score (nSPS) is 11.0. The number of rotatable bonds is 3. The number of H-pyrrole nitrogens is 1. The molecule has 0 unspecified atom stereocenters. The highest BCUT2D eigenvalue weighted by Gasteiger charge is 2.02. The van der Waals surface area contributed by atoms with Crippen molar-refractivity contribution in [1.29, 1.82) is 0 Å². The minimum absolute atomic E-state index is 0.787. The molecule has 3 nitrogen and oxygen atoms in total. The molecule has 0 spiro atoms. The van der Waals surface area contributed by atoms with Crippen LogP contribution in [0.2, 0.25) is 0 Å². The molecule has 0 radical (unpaired) electrons. The first-order chi connectivity index (χ1) is 10.4. The molecule has 3 heteroatoms. The molecule has 21 heavy (non-hydrogen) atoms. The zero-order valence-corrected chi connectivity index (χ0v) is 11.5. The third-order valence-electron chi connectivity index (χ3n) is 3.76. The number of pyridine rings is 1. The lowest BCUT2D eigenvalue weighted by Crippen LogP contribution is -2.00. The largest absolute Gasteiger partial charge is 0.380 e. The molecule has 102 valence electrons. The van der Waals surface area contributed by atoms with E-state index in [0.29, 0.717) is 0 Å². The van der Waals surface area contributed by atoms with Gasteiger partial charge in [-0.25, -0.2) is 0 Å². The summed E-state index contributed by atoms with van der Waals surface area (Å²) in [6.07, 6.45) is 3.87. The Morgan fingerprint density at radius 3 is 2.95 bits per heavy atom. The monoisotopic (exact) mass is 273 g/mol. The average molecular weight is 273 g/mol. The lowest BCUT2D eigenvalue weighted by Gasteiger charge is -2.08. The SMILES string of the molecule is c1ccc2ncc(NCc3cccc4[nH]ccc34)cc2c1. The van der Waals surface area contributed by atoms with E-state index in [4.69, 9.17) is 0 Å². The standard InChI is InChI=1S/C18H15N3/c1-2-6-17-13(4-1)10-15(12-21-17)20-11-14-5-3-7-18-16(14)8-9-19-18/h1-10,12,19-20H,11H2. The maximum absolute atomic E-state index is 4.48. The van der Waals surface area contributed by atoms with Gasteiger partial charge < -0.3 is 10.3 Å². The van der Waals surface area contributed by atoms with Gasteiger partial charge in [0.2, 0.25) is 0 Å². The number of aromatic nitrogens is 2. The van der Waals surface area contributed by atoms with Crippen LogP contribution in [0.5, 0.6) is 0 Å². The van der Waals surface area contributed by atoms with Crippen molar-refractivity contribution < 1.29 is 0 Å². The molecule has 2 aromatic heterocycles. The van der Waals surface area contributed by atoms with E-state index in [0.717, 1.165) is 23.1 Å². The number of nitrogens with zero attached hydrogens (tertiary/aromatic N) is 1. The van der Waals surface area contributed by atoms with Crippen molar-refractivity contribution in [2.45, 2.75) is 6.54 Å². The molecular weight excluding hydrogens is 258 g/mol. The van der Waals surface area contributed by atoms with Crippen LogP contribution >= 0.6 is 0 Å². The van der Waals surface area contributed by atoms with E-state index in [-0.39, 0.29) is 0 Å². The molecule has 2 heterocycles. The van der Waals surface area contributed by atoms with Crippen LogP contribution in [-0.2, 0) is 6.54 Å². The van der Waals surface area contributed by atoms with E-state index in [1.54, 1.807) is 0 Å². The van der Waals surface area contributed by atoms with Crippen LogP contribution in [0.4, 0.5) is 5.69 Å². The van der Waals surface area contributed by atoms with E-state index >= 15 is 0 Å². The van der Waals surface area contributed by atoms with E-state index in [9.17, 15) is 0 Å². The summed E-state index contributed by atoms with van der Waals surface area (Å²) in [7, 11) is 0. The molecule has 2 aromatic carbocycles. The van der Waals surface area contributed by atoms with Gasteiger partial charge in [0.15, 0.2) is 0 Å². The fourth-order valence-corrected chi connectivity index (χ4v) is 2.67. The second-order valence-corrected chi connectivity index (χ2v) is 5.13. The number of nitrogens with one attached hydrogen (secondary N) is 2. The molecule has 0 aliphatic carbocycles. The van der Waals surface area contributed by atoms with Gasteiger partial charge in [-0.1, -0.05) is 30.3 Å². The van der Waals surface area contributed by atoms with Crippen molar-refractivity contribution in [2.24, 2.45) is 0 Å². The Morgan fingerprint density at radius 2 is 1.95 bits per heavy atom. The number of fused-ring (bicyclic) bond motifs is 2. The van der Waals surface area contributed by atoms with Gasteiger partial charge in [-0.2, -0.15) is 0 Å². The highest BCUT2D eigenvalue weighted by Crippen LogP contribution is 2.20. The van der Waals surface area contributed by atoms with Crippen LogP contribution in [0.25, 0.3) is 21.8 Å². The molecule has 0 saturated carbocycles. The van der Waals surface area contributed by atoms with Gasteiger partial charge in [-0.05, 0) is 29.8 Å². The first-order valence-corrected chi connectivity index (χ1v) is 7.04. The Hall–Kier alpha value is -2.81. The van der Waals surface area contributed by atoms with E-state index in [1.807, 2.05) is 30.6 Å². The zero-order chi connectivity index (χ0) is 14.1. The molecular formula is C18H15N3. The minimum Gasteiger partial charge on any atom is -0.380 e. The maximum atomic E-state index is 4.48. The third kappa shape index (κ3) is 2.23. The quantitative estimate of drug-likeness (QED) is 0.583. The van der Waals surface area contributed by atoms with Gasteiger partial charge in [-0.3, -0.25) is 4.98 Å². The predicted octanol–water partition coefficient (Wildman–Crippen LogP) is 4.33. The first-order valence-electron chi connectivity index (χ1n) is 7.04. The van der Waals surface area contributed by atoms with Crippen LogP contribution < -0.4 is 5.32 Å². The Balaban J connectivity index is 1.61. The molecule has 0 atom stereocenters. The number of para-hydroxylation sites is 1. The summed E-state index contributed by atoms with van der Waals surface area (Å²) in [5.74, 6) is 0. The van der Waals surface area contributed by atoms with Crippen molar-refractivity contribution in [2.75, 3.05) is 5.32 Å². The Labute approximate surface area is 122 Å². The smallest absolute Gasteiger partial charge is 0.0703 e. The molecule has 0 fully saturated rings. The second-order valence-electron chi connectivity index (χ2n) is 5.13. The van der Waals surface area contributed by atoms with Crippen LogP contribution in [0.3, 0.4) is 0 Å². The minimum atomic E-state index is 0.787. The number of hydrogen-bond acceptors (Lipinski definition) is 2. The molecule has 4 rings (SSSR count). The first kappa shape index (κ1) is 12.0. The molecule has 0 aliphatic rings. The fourth-order valence-electron chi connectivity index (χ4n) is 2.67. The number of anilines is 1. The van der Waals surface area contributed by atoms with Gasteiger partial charge in [0.1, 0.15) is 0 Å². The van der Waals surface area contributed by atoms with E-state index in [2.05, 4.69) is 51.7 Å². The van der Waals surface area contributed by atoms with Crippen LogP contribution in [-0.4, -0.2) is 9.97 Å². The van der Waals surface area contributed by atoms with Gasteiger partial charge in [0.25, 0.3) is 0 Å². The highest BCUT2D eigenvalue weighted by molar-refractivity contribution is 5.84. The number of aromatic amines is 1. The highest BCUT2D eigenvalue weighted by atomic mass is 14.9. The van der Waals surface area contributed by atoms with E-state index < -0.39 is 0 Å². The summed E-state index contributed by atoms with van der Waals surface area (Å²) in [5.41, 5.74) is 4.52. The van der Waals surface area contributed by atoms with Crippen LogP contribution in [0.15, 0.2) is 67.0 Å². The summed E-state index contributed by atoms with van der Waals surface area (Å²) in [6, 6.07) is 18.7. The molecule has 0 amide bonds. The average Bonchev–Trinajstić information content (AvgIpc) is 3.02. The van der Waals surface area contributed by atoms with Gasteiger partial charge in [-0.15, -0.1) is 0 Å². The van der Waals surface area contributed by atoms with Crippen molar-refractivity contribution >= 4 is 27.5 Å². The van der Waals surface area contributed by atoms with Gasteiger partial charge >= 0.3 is 0 Å². The van der Waals surface area contributed by atoms with Crippen LogP contribution in [0, 0.1) is 0 Å². The van der Waals surface area contributed by atoms with Crippen molar-refractivity contribution in [3.63, 3.8) is 0 Å². The van der Waals surface area contributed by atoms with E-state index in [1.165, 1.54) is 16.5 Å². The van der Waals surface area contributed by atoms with Crippen molar-refractivity contribution in [1.82, 2.24) is 9.97 Å². The molecule has 0 saturated heterocycles. The molecule has 0 aliphatic heterocycles. The summed E-state index contributed by atoms with van der Waals surface area (Å²) in [4.78, 5) is 7.72. The summed E-state index contributed by atoms with van der Waals surface area (Å²) in [5, 5.41) is 5.88. The maximum Gasteiger partial charge on any atom is 0.0703 e. The Kier molecular flexibility index (Phi) is 2.82. The lowest BCUT2D eigenvalue weighted by molar-refractivity contribution is 1.16. The Bertz CT molecular complexity index is 908. The fraction of sp³-hybridized carbons (Fsp3) is 0.0556. The predicted molar refractivity (Wildman–Crippen MR) is 87.4 cm³/mol. The van der Waals surface area contributed by atoms with Crippen molar-refractivity contribution in [3.8, 4) is 0 Å².